The number of amides is 1. The van der Waals surface area contributed by atoms with Crippen molar-refractivity contribution >= 4 is 27.3 Å². The first-order valence-corrected chi connectivity index (χ1v) is 12.1. The lowest BCUT2D eigenvalue weighted by molar-refractivity contribution is -0.384. The molecule has 0 spiro atoms. The summed E-state index contributed by atoms with van der Waals surface area (Å²) in [5.41, 5.74) is 1.14. The summed E-state index contributed by atoms with van der Waals surface area (Å²) in [7, 11) is -4.09. The fourth-order valence-corrected chi connectivity index (χ4v) is 4.58. The Morgan fingerprint density at radius 2 is 1.65 bits per heavy atom. The summed E-state index contributed by atoms with van der Waals surface area (Å²) in [6.07, 6.45) is 0.924. The van der Waals surface area contributed by atoms with Crippen molar-refractivity contribution in [2.24, 2.45) is 0 Å². The highest BCUT2D eigenvalue weighted by molar-refractivity contribution is 7.92. The van der Waals surface area contributed by atoms with Gasteiger partial charge in [-0.2, -0.15) is 0 Å². The van der Waals surface area contributed by atoms with Gasteiger partial charge in [-0.1, -0.05) is 37.3 Å². The van der Waals surface area contributed by atoms with E-state index in [2.05, 4.69) is 12.2 Å². The van der Waals surface area contributed by atoms with Crippen molar-refractivity contribution in [1.82, 2.24) is 5.32 Å². The monoisotopic (exact) mass is 483 g/mol. The summed E-state index contributed by atoms with van der Waals surface area (Å²) in [4.78, 5) is 23.0. The van der Waals surface area contributed by atoms with Crippen LogP contribution in [-0.4, -0.2) is 38.9 Å². The maximum absolute atomic E-state index is 13.2. The highest BCUT2D eigenvalue weighted by Crippen LogP contribution is 2.25. The van der Waals surface area contributed by atoms with E-state index in [1.54, 1.807) is 18.2 Å². The maximum Gasteiger partial charge on any atom is 0.269 e. The van der Waals surface area contributed by atoms with E-state index in [1.165, 1.54) is 42.0 Å². The van der Waals surface area contributed by atoms with Crippen molar-refractivity contribution in [3.05, 3.63) is 94.5 Å². The quantitative estimate of drug-likeness (QED) is 0.253. The zero-order chi connectivity index (χ0) is 24.6. The predicted octanol–water partition coefficient (Wildman–Crippen LogP) is 3.55. The van der Waals surface area contributed by atoms with E-state index in [4.69, 9.17) is 4.74 Å². The van der Waals surface area contributed by atoms with E-state index < -0.39 is 27.4 Å². The minimum atomic E-state index is -4.09. The number of aryl methyl sites for hydroxylation is 1. The van der Waals surface area contributed by atoms with Crippen LogP contribution in [-0.2, 0) is 21.2 Å². The van der Waals surface area contributed by atoms with Crippen LogP contribution < -0.4 is 14.4 Å². The Morgan fingerprint density at radius 3 is 2.24 bits per heavy atom. The SMILES string of the molecule is CCc1ccc(OCCNC(=O)CN(c2ccc([N+](=O)[O-])cc2)S(=O)(=O)c2ccccc2)cc1. The van der Waals surface area contributed by atoms with Crippen molar-refractivity contribution in [2.45, 2.75) is 18.2 Å². The standard InChI is InChI=1S/C24H25N3O6S/c1-2-19-8-14-22(15-9-19)33-17-16-25-24(28)18-26(20-10-12-21(13-11-20)27(29)30)34(31,32)23-6-4-3-5-7-23/h3-15H,2,16-18H2,1H3,(H,25,28). The highest BCUT2D eigenvalue weighted by atomic mass is 32.2. The van der Waals surface area contributed by atoms with Crippen molar-refractivity contribution in [3.63, 3.8) is 0 Å². The fourth-order valence-electron chi connectivity index (χ4n) is 3.14. The van der Waals surface area contributed by atoms with Gasteiger partial charge in [0.25, 0.3) is 15.7 Å². The zero-order valence-corrected chi connectivity index (χ0v) is 19.4. The molecule has 178 valence electrons. The van der Waals surface area contributed by atoms with Gasteiger partial charge in [0.15, 0.2) is 0 Å². The number of benzene rings is 3. The molecule has 1 amide bonds. The number of carbonyl (C=O) groups is 1. The second-order valence-electron chi connectivity index (χ2n) is 7.29. The lowest BCUT2D eigenvalue weighted by Crippen LogP contribution is -2.41. The number of nitrogens with zero attached hydrogens (tertiary/aromatic N) is 2. The van der Waals surface area contributed by atoms with E-state index in [1.807, 2.05) is 24.3 Å². The van der Waals surface area contributed by atoms with Crippen molar-refractivity contribution in [3.8, 4) is 5.75 Å². The van der Waals surface area contributed by atoms with Crippen LogP contribution in [0.2, 0.25) is 0 Å². The molecule has 0 bridgehead atoms. The number of carbonyl (C=O) groups excluding carboxylic acids is 1. The molecule has 0 saturated heterocycles. The molecule has 34 heavy (non-hydrogen) atoms. The molecule has 3 rings (SSSR count). The van der Waals surface area contributed by atoms with Crippen LogP contribution in [0, 0.1) is 10.1 Å². The molecule has 0 radical (unpaired) electrons. The smallest absolute Gasteiger partial charge is 0.269 e. The molecule has 0 atom stereocenters. The number of nitro groups is 1. The van der Waals surface area contributed by atoms with Crippen LogP contribution in [0.4, 0.5) is 11.4 Å². The van der Waals surface area contributed by atoms with Gasteiger partial charge < -0.3 is 10.1 Å². The topological polar surface area (TPSA) is 119 Å². The molecule has 10 heteroatoms. The fraction of sp³-hybridized carbons (Fsp3) is 0.208. The van der Waals surface area contributed by atoms with E-state index in [9.17, 15) is 23.3 Å². The predicted molar refractivity (Wildman–Crippen MR) is 128 cm³/mol. The van der Waals surface area contributed by atoms with Gasteiger partial charge in [-0.3, -0.25) is 19.2 Å². The maximum atomic E-state index is 13.2. The summed E-state index contributed by atoms with van der Waals surface area (Å²) < 4.78 is 33.0. The first-order valence-electron chi connectivity index (χ1n) is 10.6. The lowest BCUT2D eigenvalue weighted by atomic mass is 10.2. The molecular weight excluding hydrogens is 458 g/mol. The van der Waals surface area contributed by atoms with Gasteiger partial charge in [0.1, 0.15) is 18.9 Å². The largest absolute Gasteiger partial charge is 0.492 e. The summed E-state index contributed by atoms with van der Waals surface area (Å²) in [6, 6.07) is 20.3. The summed E-state index contributed by atoms with van der Waals surface area (Å²) in [5.74, 6) is 0.133. The number of sulfonamides is 1. The summed E-state index contributed by atoms with van der Waals surface area (Å²) >= 11 is 0. The molecule has 0 aliphatic heterocycles. The minimum Gasteiger partial charge on any atom is -0.492 e. The molecule has 0 fully saturated rings. The Hall–Kier alpha value is -3.92. The van der Waals surface area contributed by atoms with Gasteiger partial charge in [0.2, 0.25) is 5.91 Å². The number of ether oxygens (including phenoxy) is 1. The average molecular weight is 484 g/mol. The number of hydrogen-bond acceptors (Lipinski definition) is 6. The molecule has 0 aliphatic carbocycles. The Kier molecular flexibility index (Phi) is 8.20. The molecule has 0 aromatic heterocycles. The van der Waals surface area contributed by atoms with Gasteiger partial charge in [-0.05, 0) is 48.4 Å². The van der Waals surface area contributed by atoms with E-state index in [-0.39, 0.29) is 29.4 Å². The van der Waals surface area contributed by atoms with E-state index in [0.717, 1.165) is 10.7 Å². The molecule has 0 heterocycles. The van der Waals surface area contributed by atoms with Gasteiger partial charge in [-0.15, -0.1) is 0 Å². The lowest BCUT2D eigenvalue weighted by Gasteiger charge is -2.24. The normalized spacial score (nSPS) is 11.0. The molecule has 1 N–H and O–H groups in total. The molecule has 3 aromatic rings. The van der Waals surface area contributed by atoms with Gasteiger partial charge >= 0.3 is 0 Å². The average Bonchev–Trinajstić information content (AvgIpc) is 2.86. The first-order chi connectivity index (χ1) is 16.3. The minimum absolute atomic E-state index is 0.0000113. The Bertz CT molecular complexity index is 1210. The van der Waals surface area contributed by atoms with Crippen molar-refractivity contribution in [1.29, 1.82) is 0 Å². The van der Waals surface area contributed by atoms with E-state index in [0.29, 0.717) is 5.75 Å². The Balaban J connectivity index is 1.69. The third-order valence-corrected chi connectivity index (χ3v) is 6.78. The van der Waals surface area contributed by atoms with Crippen LogP contribution >= 0.6 is 0 Å². The molecule has 9 nitrogen and oxygen atoms in total. The van der Waals surface area contributed by atoms with E-state index >= 15 is 0 Å². The summed E-state index contributed by atoms with van der Waals surface area (Å²) in [6.45, 7) is 1.94. The van der Waals surface area contributed by atoms with Crippen molar-refractivity contribution in [2.75, 3.05) is 24.0 Å². The van der Waals surface area contributed by atoms with Crippen molar-refractivity contribution < 1.29 is 22.9 Å². The number of nitrogens with one attached hydrogen (secondary N) is 1. The Morgan fingerprint density at radius 1 is 1.00 bits per heavy atom. The second kappa shape index (κ2) is 11.3. The van der Waals surface area contributed by atoms with Gasteiger partial charge in [0.05, 0.1) is 22.1 Å². The number of nitro benzene ring substituents is 1. The van der Waals surface area contributed by atoms with Crippen LogP contribution in [0.25, 0.3) is 0 Å². The molecule has 0 saturated carbocycles. The molecule has 0 unspecified atom stereocenters. The second-order valence-corrected chi connectivity index (χ2v) is 9.16. The zero-order valence-electron chi connectivity index (χ0n) is 18.6. The molecule has 3 aromatic carbocycles. The molecular formula is C24H25N3O6S. The summed E-state index contributed by atoms with van der Waals surface area (Å²) in [5, 5.41) is 13.6. The van der Waals surface area contributed by atoms with Gasteiger partial charge in [-0.25, -0.2) is 8.42 Å². The van der Waals surface area contributed by atoms with Crippen LogP contribution in [0.15, 0.2) is 83.8 Å². The highest BCUT2D eigenvalue weighted by Gasteiger charge is 2.27. The molecule has 0 aliphatic rings. The van der Waals surface area contributed by atoms with Crippen LogP contribution in [0.1, 0.15) is 12.5 Å². The van der Waals surface area contributed by atoms with Gasteiger partial charge in [0, 0.05) is 12.1 Å². The third kappa shape index (κ3) is 6.32. The van der Waals surface area contributed by atoms with Crippen LogP contribution in [0.5, 0.6) is 5.75 Å². The number of anilines is 1. The number of hydrogen-bond donors (Lipinski definition) is 1. The number of non-ortho nitro benzene ring substituents is 1. The number of rotatable bonds is 11. The van der Waals surface area contributed by atoms with Crippen LogP contribution in [0.3, 0.4) is 0 Å². The Labute approximate surface area is 198 Å². The first kappa shape index (κ1) is 24.7. The third-order valence-electron chi connectivity index (χ3n) is 4.99.